The second kappa shape index (κ2) is 5.76. The van der Waals surface area contributed by atoms with Crippen molar-refractivity contribution in [3.8, 4) is 5.75 Å². The minimum absolute atomic E-state index is 0.257. The van der Waals surface area contributed by atoms with Crippen LogP contribution in [0.4, 0.5) is 5.69 Å². The number of nitrogens with two attached hydrogens (primary N) is 1. The van der Waals surface area contributed by atoms with E-state index in [0.29, 0.717) is 17.0 Å². The Hall–Kier alpha value is -1.71. The van der Waals surface area contributed by atoms with Gasteiger partial charge in [0.1, 0.15) is 5.75 Å². The molecule has 98 valence electrons. The fourth-order valence-corrected chi connectivity index (χ4v) is 2.27. The van der Waals surface area contributed by atoms with E-state index in [2.05, 4.69) is 4.74 Å². The number of rotatable bonds is 3. The minimum Gasteiger partial charge on any atom is -0.490 e. The molecule has 4 heteroatoms. The zero-order valence-electron chi connectivity index (χ0n) is 10.6. The van der Waals surface area contributed by atoms with E-state index >= 15 is 0 Å². The normalized spacial score (nSPS) is 16.3. The molecule has 2 rings (SSSR count). The second-order valence-electron chi connectivity index (χ2n) is 4.62. The number of anilines is 1. The maximum atomic E-state index is 11.5. The number of carbonyl (C=O) groups is 1. The van der Waals surface area contributed by atoms with Crippen molar-refractivity contribution in [2.45, 2.75) is 38.2 Å². The minimum atomic E-state index is -0.429. The van der Waals surface area contributed by atoms with Crippen LogP contribution in [0.15, 0.2) is 18.2 Å². The molecular weight excluding hydrogens is 230 g/mol. The van der Waals surface area contributed by atoms with Crippen LogP contribution in [-0.4, -0.2) is 19.2 Å². The van der Waals surface area contributed by atoms with Crippen LogP contribution in [0.25, 0.3) is 0 Å². The molecule has 1 aliphatic rings. The predicted octanol–water partition coefficient (Wildman–Crippen LogP) is 2.77. The van der Waals surface area contributed by atoms with Crippen molar-refractivity contribution in [2.75, 3.05) is 12.8 Å². The lowest BCUT2D eigenvalue weighted by Crippen LogP contribution is -2.19. The molecule has 0 aromatic heterocycles. The van der Waals surface area contributed by atoms with Gasteiger partial charge >= 0.3 is 5.97 Å². The molecule has 0 spiro atoms. The lowest BCUT2D eigenvalue weighted by molar-refractivity contribution is 0.0601. The molecule has 0 bridgehead atoms. The van der Waals surface area contributed by atoms with Gasteiger partial charge in [-0.25, -0.2) is 4.79 Å². The van der Waals surface area contributed by atoms with Gasteiger partial charge in [-0.15, -0.1) is 0 Å². The summed E-state index contributed by atoms with van der Waals surface area (Å²) in [6.07, 6.45) is 6.13. The molecule has 0 heterocycles. The average molecular weight is 249 g/mol. The molecule has 18 heavy (non-hydrogen) atoms. The van der Waals surface area contributed by atoms with Gasteiger partial charge in [-0.1, -0.05) is 6.42 Å². The topological polar surface area (TPSA) is 61.5 Å². The highest BCUT2D eigenvalue weighted by atomic mass is 16.5. The van der Waals surface area contributed by atoms with Crippen molar-refractivity contribution in [3.63, 3.8) is 0 Å². The Kier molecular flexibility index (Phi) is 4.07. The van der Waals surface area contributed by atoms with Crippen LogP contribution >= 0.6 is 0 Å². The number of esters is 1. The van der Waals surface area contributed by atoms with Crippen molar-refractivity contribution in [1.29, 1.82) is 0 Å². The smallest absolute Gasteiger partial charge is 0.340 e. The van der Waals surface area contributed by atoms with Gasteiger partial charge in [0.2, 0.25) is 0 Å². The van der Waals surface area contributed by atoms with Gasteiger partial charge in [-0.05, 0) is 43.9 Å². The molecule has 1 fully saturated rings. The summed E-state index contributed by atoms with van der Waals surface area (Å²) in [6, 6.07) is 5.15. The molecule has 0 atom stereocenters. The van der Waals surface area contributed by atoms with Crippen molar-refractivity contribution < 1.29 is 14.3 Å². The molecule has 4 nitrogen and oxygen atoms in total. The van der Waals surface area contributed by atoms with E-state index in [9.17, 15) is 4.79 Å². The average Bonchev–Trinajstić information content (AvgIpc) is 2.41. The van der Waals surface area contributed by atoms with Crippen LogP contribution in [0, 0.1) is 0 Å². The van der Waals surface area contributed by atoms with Gasteiger partial charge in [-0.2, -0.15) is 0 Å². The Bertz CT molecular complexity index is 425. The fourth-order valence-electron chi connectivity index (χ4n) is 2.27. The Morgan fingerprint density at radius 1 is 1.28 bits per heavy atom. The van der Waals surface area contributed by atoms with Gasteiger partial charge in [0.25, 0.3) is 0 Å². The summed E-state index contributed by atoms with van der Waals surface area (Å²) < 4.78 is 10.6. The summed E-state index contributed by atoms with van der Waals surface area (Å²) in [4.78, 5) is 11.5. The SMILES string of the molecule is COC(=O)c1cc(OC2CCCCC2)ccc1N. The van der Waals surface area contributed by atoms with Gasteiger partial charge in [0, 0.05) is 5.69 Å². The first-order valence-corrected chi connectivity index (χ1v) is 6.35. The van der Waals surface area contributed by atoms with E-state index in [-0.39, 0.29) is 6.10 Å². The third-order valence-corrected chi connectivity index (χ3v) is 3.29. The highest BCUT2D eigenvalue weighted by molar-refractivity contribution is 5.95. The van der Waals surface area contributed by atoms with E-state index in [4.69, 9.17) is 10.5 Å². The van der Waals surface area contributed by atoms with Crippen molar-refractivity contribution in [2.24, 2.45) is 0 Å². The molecule has 0 amide bonds. The second-order valence-corrected chi connectivity index (χ2v) is 4.62. The zero-order valence-corrected chi connectivity index (χ0v) is 10.6. The van der Waals surface area contributed by atoms with Crippen LogP contribution < -0.4 is 10.5 Å². The molecule has 0 saturated heterocycles. The molecule has 0 radical (unpaired) electrons. The number of hydrogen-bond donors (Lipinski definition) is 1. The molecule has 0 unspecified atom stereocenters. The first-order chi connectivity index (χ1) is 8.70. The number of ether oxygens (including phenoxy) is 2. The summed E-state index contributed by atoms with van der Waals surface area (Å²) >= 11 is 0. The first-order valence-electron chi connectivity index (χ1n) is 6.35. The zero-order chi connectivity index (χ0) is 13.0. The monoisotopic (exact) mass is 249 g/mol. The largest absolute Gasteiger partial charge is 0.490 e. The summed E-state index contributed by atoms with van der Waals surface area (Å²) in [5.41, 5.74) is 6.52. The number of carbonyl (C=O) groups excluding carboxylic acids is 1. The van der Waals surface area contributed by atoms with Crippen LogP contribution in [-0.2, 0) is 4.74 Å². The van der Waals surface area contributed by atoms with E-state index < -0.39 is 5.97 Å². The summed E-state index contributed by atoms with van der Waals surface area (Å²) in [5, 5.41) is 0. The van der Waals surface area contributed by atoms with Gasteiger partial charge in [-0.3, -0.25) is 0 Å². The summed E-state index contributed by atoms with van der Waals surface area (Å²) in [5.74, 6) is 0.262. The highest BCUT2D eigenvalue weighted by Crippen LogP contribution is 2.26. The number of hydrogen-bond acceptors (Lipinski definition) is 4. The third kappa shape index (κ3) is 2.94. The molecule has 1 saturated carbocycles. The Morgan fingerprint density at radius 3 is 2.67 bits per heavy atom. The fraction of sp³-hybridized carbons (Fsp3) is 0.500. The lowest BCUT2D eigenvalue weighted by atomic mass is 9.98. The first kappa shape index (κ1) is 12.7. The summed E-state index contributed by atoms with van der Waals surface area (Å²) in [6.45, 7) is 0. The van der Waals surface area contributed by atoms with Gasteiger partial charge in [0.15, 0.2) is 0 Å². The van der Waals surface area contributed by atoms with E-state index in [1.165, 1.54) is 26.4 Å². The van der Waals surface area contributed by atoms with Crippen LogP contribution in [0.3, 0.4) is 0 Å². The number of methoxy groups -OCH3 is 1. The van der Waals surface area contributed by atoms with E-state index in [0.717, 1.165) is 12.8 Å². The molecular formula is C14H19NO3. The van der Waals surface area contributed by atoms with Crippen molar-refractivity contribution in [3.05, 3.63) is 23.8 Å². The molecule has 0 aliphatic heterocycles. The molecule has 1 aliphatic carbocycles. The highest BCUT2D eigenvalue weighted by Gasteiger charge is 2.16. The van der Waals surface area contributed by atoms with Crippen molar-refractivity contribution in [1.82, 2.24) is 0 Å². The molecule has 1 aromatic rings. The Labute approximate surface area is 107 Å². The predicted molar refractivity (Wildman–Crippen MR) is 69.7 cm³/mol. The van der Waals surface area contributed by atoms with Crippen LogP contribution in [0.5, 0.6) is 5.75 Å². The van der Waals surface area contributed by atoms with E-state index in [1.807, 2.05) is 0 Å². The molecule has 1 aromatic carbocycles. The maximum absolute atomic E-state index is 11.5. The van der Waals surface area contributed by atoms with Crippen molar-refractivity contribution >= 4 is 11.7 Å². The number of nitrogen functional groups attached to an aromatic ring is 1. The van der Waals surface area contributed by atoms with Crippen LogP contribution in [0.2, 0.25) is 0 Å². The third-order valence-electron chi connectivity index (χ3n) is 3.29. The Balaban J connectivity index is 2.11. The maximum Gasteiger partial charge on any atom is 0.340 e. The Morgan fingerprint density at radius 2 is 2.00 bits per heavy atom. The summed E-state index contributed by atoms with van der Waals surface area (Å²) in [7, 11) is 1.34. The standard InChI is InChI=1S/C14H19NO3/c1-17-14(16)12-9-11(7-8-13(12)15)18-10-5-3-2-4-6-10/h7-10H,2-6,15H2,1H3. The van der Waals surface area contributed by atoms with Gasteiger partial charge < -0.3 is 15.2 Å². The quantitative estimate of drug-likeness (QED) is 0.661. The van der Waals surface area contributed by atoms with Crippen LogP contribution in [0.1, 0.15) is 42.5 Å². The van der Waals surface area contributed by atoms with Gasteiger partial charge in [0.05, 0.1) is 18.8 Å². The lowest BCUT2D eigenvalue weighted by Gasteiger charge is -2.23. The molecule has 2 N–H and O–H groups in total. The van der Waals surface area contributed by atoms with E-state index in [1.54, 1.807) is 18.2 Å². The number of benzene rings is 1.